The molecule has 0 aliphatic carbocycles. The summed E-state index contributed by atoms with van der Waals surface area (Å²) in [5, 5.41) is 20.1. The fourth-order valence-corrected chi connectivity index (χ4v) is 3.37. The van der Waals surface area contributed by atoms with Gasteiger partial charge in [0.1, 0.15) is 18.1 Å². The Morgan fingerprint density at radius 2 is 1.66 bits per heavy atom. The number of carboxylic acid groups (broad SMARTS) is 1. The van der Waals surface area contributed by atoms with E-state index in [2.05, 4.69) is 33.9 Å². The van der Waals surface area contributed by atoms with Gasteiger partial charge in [-0.3, -0.25) is 14.4 Å². The van der Waals surface area contributed by atoms with Crippen molar-refractivity contribution in [3.05, 3.63) is 0 Å². The second-order valence-electron chi connectivity index (χ2n) is 8.15. The molecule has 1 fully saturated rings. The zero-order chi connectivity index (χ0) is 22.1. The topological polar surface area (TPSA) is 137 Å². The molecule has 3 amide bonds. The molecule has 5 N–H and O–H groups in total. The molecule has 1 saturated heterocycles. The molecule has 0 aromatic heterocycles. The Balaban J connectivity index is 2.84. The van der Waals surface area contributed by atoms with E-state index < -0.39 is 35.9 Å². The number of hydrogen-bond acceptors (Lipinski definition) is 6. The SMILES string of the molecule is CC(C)CC(NC(=O)C(NC(=O)C1CCCN1)C(C)C)C(=O)NC(CS)C(=O)O. The van der Waals surface area contributed by atoms with E-state index in [1.165, 1.54) is 0 Å². The van der Waals surface area contributed by atoms with Gasteiger partial charge in [-0.25, -0.2) is 4.79 Å². The molecule has 166 valence electrons. The average Bonchev–Trinajstić information content (AvgIpc) is 3.16. The summed E-state index contributed by atoms with van der Waals surface area (Å²) in [6, 6.07) is -3.17. The molecule has 1 aliphatic heterocycles. The first kappa shape index (κ1) is 25.2. The lowest BCUT2D eigenvalue weighted by atomic mass is 9.99. The van der Waals surface area contributed by atoms with Gasteiger partial charge in [-0.15, -0.1) is 0 Å². The predicted octanol–water partition coefficient (Wildman–Crippen LogP) is -0.0907. The molecule has 4 unspecified atom stereocenters. The van der Waals surface area contributed by atoms with Gasteiger partial charge in [0.25, 0.3) is 0 Å². The van der Waals surface area contributed by atoms with Gasteiger partial charge in [-0.1, -0.05) is 27.7 Å². The van der Waals surface area contributed by atoms with Crippen molar-refractivity contribution in [1.29, 1.82) is 0 Å². The van der Waals surface area contributed by atoms with Crippen LogP contribution in [0.5, 0.6) is 0 Å². The fraction of sp³-hybridized carbons (Fsp3) is 0.789. The summed E-state index contributed by atoms with van der Waals surface area (Å²) in [6.45, 7) is 8.18. The maximum atomic E-state index is 12.9. The molecule has 1 heterocycles. The van der Waals surface area contributed by atoms with Crippen LogP contribution in [0.2, 0.25) is 0 Å². The van der Waals surface area contributed by atoms with Crippen LogP contribution in [0.1, 0.15) is 47.0 Å². The Labute approximate surface area is 177 Å². The van der Waals surface area contributed by atoms with Crippen molar-refractivity contribution in [1.82, 2.24) is 21.3 Å². The number of carbonyl (C=O) groups excluding carboxylic acids is 3. The lowest BCUT2D eigenvalue weighted by Gasteiger charge is -2.27. The van der Waals surface area contributed by atoms with Crippen molar-refractivity contribution in [3.8, 4) is 0 Å². The Bertz CT molecular complexity index is 593. The summed E-state index contributed by atoms with van der Waals surface area (Å²) >= 11 is 3.94. The van der Waals surface area contributed by atoms with Gasteiger partial charge < -0.3 is 26.4 Å². The van der Waals surface area contributed by atoms with E-state index in [1.807, 2.05) is 27.7 Å². The van der Waals surface area contributed by atoms with Gasteiger partial charge >= 0.3 is 5.97 Å². The molecule has 0 aromatic rings. The molecule has 0 radical (unpaired) electrons. The van der Waals surface area contributed by atoms with Gasteiger partial charge in [-0.05, 0) is 37.6 Å². The van der Waals surface area contributed by atoms with Crippen molar-refractivity contribution in [3.63, 3.8) is 0 Å². The van der Waals surface area contributed by atoms with Crippen LogP contribution >= 0.6 is 12.6 Å². The number of carbonyl (C=O) groups is 4. The summed E-state index contributed by atoms with van der Waals surface area (Å²) < 4.78 is 0. The highest BCUT2D eigenvalue weighted by Crippen LogP contribution is 2.10. The molecule has 9 nitrogen and oxygen atoms in total. The summed E-state index contributed by atoms with van der Waals surface area (Å²) in [7, 11) is 0. The monoisotopic (exact) mass is 430 g/mol. The van der Waals surface area contributed by atoms with Gasteiger partial charge in [0.05, 0.1) is 6.04 Å². The first-order valence-electron chi connectivity index (χ1n) is 10.0. The number of aliphatic carboxylic acids is 1. The molecular weight excluding hydrogens is 396 g/mol. The number of nitrogens with one attached hydrogen (secondary N) is 4. The van der Waals surface area contributed by atoms with E-state index in [1.54, 1.807) is 0 Å². The van der Waals surface area contributed by atoms with Gasteiger partial charge in [0.15, 0.2) is 0 Å². The highest BCUT2D eigenvalue weighted by atomic mass is 32.1. The summed E-state index contributed by atoms with van der Waals surface area (Å²) in [6.07, 6.45) is 1.96. The number of rotatable bonds is 11. The average molecular weight is 431 g/mol. The normalized spacial score (nSPS) is 19.5. The molecule has 10 heteroatoms. The molecule has 4 atom stereocenters. The first-order chi connectivity index (χ1) is 13.6. The van der Waals surface area contributed by atoms with Gasteiger partial charge in [0.2, 0.25) is 17.7 Å². The largest absolute Gasteiger partial charge is 0.480 e. The van der Waals surface area contributed by atoms with E-state index in [9.17, 15) is 19.2 Å². The van der Waals surface area contributed by atoms with E-state index >= 15 is 0 Å². The first-order valence-corrected chi connectivity index (χ1v) is 10.7. The third kappa shape index (κ3) is 8.22. The summed E-state index contributed by atoms with van der Waals surface area (Å²) in [5.74, 6) is -2.65. The van der Waals surface area contributed by atoms with E-state index in [4.69, 9.17) is 5.11 Å². The standard InChI is InChI=1S/C19H34N4O5S/c1-10(2)8-13(17(25)22-14(9-29)19(27)28)21-18(26)15(11(3)4)23-16(24)12-6-5-7-20-12/h10-15,20,29H,5-9H2,1-4H3,(H,21,26)(H,22,25)(H,23,24)(H,27,28). The highest BCUT2D eigenvalue weighted by Gasteiger charge is 2.32. The van der Waals surface area contributed by atoms with Gasteiger partial charge in [-0.2, -0.15) is 12.6 Å². The Morgan fingerprint density at radius 1 is 1.03 bits per heavy atom. The highest BCUT2D eigenvalue weighted by molar-refractivity contribution is 7.80. The zero-order valence-corrected chi connectivity index (χ0v) is 18.4. The van der Waals surface area contributed by atoms with Crippen molar-refractivity contribution in [2.24, 2.45) is 11.8 Å². The second kappa shape index (κ2) is 12.0. The molecule has 0 bridgehead atoms. The van der Waals surface area contributed by atoms with E-state index in [-0.39, 0.29) is 29.5 Å². The number of carboxylic acids is 1. The smallest absolute Gasteiger partial charge is 0.327 e. The van der Waals surface area contributed by atoms with Crippen LogP contribution in [0.3, 0.4) is 0 Å². The molecule has 1 rings (SSSR count). The molecule has 0 spiro atoms. The molecular formula is C19H34N4O5S. The summed E-state index contributed by atoms with van der Waals surface area (Å²) in [4.78, 5) is 49.0. The Morgan fingerprint density at radius 3 is 2.10 bits per heavy atom. The third-order valence-electron chi connectivity index (χ3n) is 4.76. The van der Waals surface area contributed by atoms with Crippen molar-refractivity contribution < 1.29 is 24.3 Å². The van der Waals surface area contributed by atoms with Crippen LogP contribution < -0.4 is 21.3 Å². The van der Waals surface area contributed by atoms with Crippen molar-refractivity contribution in [2.45, 2.75) is 71.1 Å². The second-order valence-corrected chi connectivity index (χ2v) is 8.52. The summed E-state index contributed by atoms with van der Waals surface area (Å²) in [5.41, 5.74) is 0. The minimum atomic E-state index is -1.20. The van der Waals surface area contributed by atoms with E-state index in [0.29, 0.717) is 6.42 Å². The molecule has 1 aliphatic rings. The molecule has 0 saturated carbocycles. The minimum absolute atomic E-state index is 0.0670. The van der Waals surface area contributed by atoms with Crippen LogP contribution in [0.4, 0.5) is 0 Å². The maximum absolute atomic E-state index is 12.9. The van der Waals surface area contributed by atoms with Crippen LogP contribution in [-0.2, 0) is 19.2 Å². The quantitative estimate of drug-likeness (QED) is 0.254. The Hall–Kier alpha value is -1.81. The molecule has 29 heavy (non-hydrogen) atoms. The minimum Gasteiger partial charge on any atom is -0.480 e. The van der Waals surface area contributed by atoms with Crippen molar-refractivity contribution in [2.75, 3.05) is 12.3 Å². The van der Waals surface area contributed by atoms with Gasteiger partial charge in [0, 0.05) is 5.75 Å². The molecule has 0 aromatic carbocycles. The van der Waals surface area contributed by atoms with Crippen molar-refractivity contribution >= 4 is 36.3 Å². The van der Waals surface area contributed by atoms with Crippen LogP contribution in [0.15, 0.2) is 0 Å². The lowest BCUT2D eigenvalue weighted by Crippen LogP contribution is -2.58. The predicted molar refractivity (Wildman–Crippen MR) is 113 cm³/mol. The van der Waals surface area contributed by atoms with Crippen LogP contribution in [-0.4, -0.2) is 65.3 Å². The fourth-order valence-electron chi connectivity index (χ4n) is 3.12. The lowest BCUT2D eigenvalue weighted by molar-refractivity contribution is -0.141. The van der Waals surface area contributed by atoms with E-state index in [0.717, 1.165) is 19.4 Å². The van der Waals surface area contributed by atoms with Crippen LogP contribution in [0.25, 0.3) is 0 Å². The van der Waals surface area contributed by atoms with Crippen LogP contribution in [0, 0.1) is 11.8 Å². The zero-order valence-electron chi connectivity index (χ0n) is 17.5. The number of hydrogen-bond donors (Lipinski definition) is 6. The number of thiol groups is 1. The maximum Gasteiger partial charge on any atom is 0.327 e. The number of amides is 3. The Kier molecular flexibility index (Phi) is 10.5. The third-order valence-corrected chi connectivity index (χ3v) is 5.13.